The molecular formula is C9H16N4O2S. The molecule has 90 valence electrons. The number of aryl methyl sites for hydroxylation is 1. The Morgan fingerprint density at radius 3 is 2.88 bits per heavy atom. The zero-order chi connectivity index (χ0) is 11.8. The van der Waals surface area contributed by atoms with E-state index < -0.39 is 10.0 Å². The lowest BCUT2D eigenvalue weighted by molar-refractivity contribution is 0.282. The molecule has 6 nitrogen and oxygen atoms in total. The van der Waals surface area contributed by atoms with Gasteiger partial charge >= 0.3 is 0 Å². The molecule has 1 aromatic heterocycles. The molecule has 0 amide bonds. The van der Waals surface area contributed by atoms with E-state index in [9.17, 15) is 8.42 Å². The number of rotatable bonds is 2. The Balaban J connectivity index is 2.35. The second kappa shape index (κ2) is 4.15. The zero-order valence-electron chi connectivity index (χ0n) is 9.42. The highest BCUT2D eigenvalue weighted by atomic mass is 32.2. The second-order valence-electron chi connectivity index (χ2n) is 3.96. The van der Waals surface area contributed by atoms with Gasteiger partial charge in [0.2, 0.25) is 0 Å². The van der Waals surface area contributed by atoms with Crippen molar-refractivity contribution in [2.24, 2.45) is 7.05 Å². The summed E-state index contributed by atoms with van der Waals surface area (Å²) >= 11 is 0. The largest absolute Gasteiger partial charge is 0.314 e. The number of nitrogens with zero attached hydrogens (tertiary/aromatic N) is 3. The highest BCUT2D eigenvalue weighted by Gasteiger charge is 2.32. The van der Waals surface area contributed by atoms with Gasteiger partial charge in [-0.3, -0.25) is 4.68 Å². The van der Waals surface area contributed by atoms with Gasteiger partial charge in [-0.2, -0.15) is 9.40 Å². The SMILES string of the molecule is C[C@H]1CNCCN1S(=O)(=O)c1ccnn1C. The van der Waals surface area contributed by atoms with Gasteiger partial charge in [-0.25, -0.2) is 8.42 Å². The van der Waals surface area contributed by atoms with Crippen molar-refractivity contribution in [3.8, 4) is 0 Å². The molecular weight excluding hydrogens is 228 g/mol. The van der Waals surface area contributed by atoms with Crippen LogP contribution in [0.2, 0.25) is 0 Å². The van der Waals surface area contributed by atoms with E-state index >= 15 is 0 Å². The molecule has 1 fully saturated rings. The molecule has 0 aliphatic carbocycles. The van der Waals surface area contributed by atoms with Gasteiger partial charge in [0.05, 0.1) is 6.20 Å². The van der Waals surface area contributed by atoms with Crippen molar-refractivity contribution in [1.82, 2.24) is 19.4 Å². The minimum atomic E-state index is -3.40. The normalized spacial score (nSPS) is 23.5. The van der Waals surface area contributed by atoms with Crippen LogP contribution in [0.3, 0.4) is 0 Å². The van der Waals surface area contributed by atoms with Gasteiger partial charge in [-0.1, -0.05) is 0 Å². The molecule has 1 aliphatic rings. The zero-order valence-corrected chi connectivity index (χ0v) is 10.2. The van der Waals surface area contributed by atoms with E-state index in [0.29, 0.717) is 19.6 Å². The van der Waals surface area contributed by atoms with Gasteiger partial charge in [0, 0.05) is 32.7 Å². The Bertz CT molecular complexity index is 468. The average Bonchev–Trinajstić information content (AvgIpc) is 2.65. The van der Waals surface area contributed by atoms with Gasteiger partial charge in [0.15, 0.2) is 5.03 Å². The number of hydrogen-bond acceptors (Lipinski definition) is 4. The number of piperazine rings is 1. The summed E-state index contributed by atoms with van der Waals surface area (Å²) in [5.41, 5.74) is 0. The van der Waals surface area contributed by atoms with Crippen LogP contribution in [0.25, 0.3) is 0 Å². The molecule has 2 rings (SSSR count). The van der Waals surface area contributed by atoms with Crippen LogP contribution >= 0.6 is 0 Å². The van der Waals surface area contributed by atoms with Crippen LogP contribution in [-0.2, 0) is 17.1 Å². The highest BCUT2D eigenvalue weighted by molar-refractivity contribution is 7.89. The molecule has 0 radical (unpaired) electrons. The van der Waals surface area contributed by atoms with E-state index in [2.05, 4.69) is 10.4 Å². The standard InChI is InChI=1S/C9H16N4O2S/c1-8-7-10-5-6-13(8)16(14,15)9-3-4-11-12(9)2/h3-4,8,10H,5-7H2,1-2H3/t8-/m0/s1. The molecule has 1 aromatic rings. The highest BCUT2D eigenvalue weighted by Crippen LogP contribution is 2.17. The van der Waals surface area contributed by atoms with Crippen LogP contribution in [0.4, 0.5) is 0 Å². The minimum Gasteiger partial charge on any atom is -0.314 e. The maximum absolute atomic E-state index is 12.3. The molecule has 1 N–H and O–H groups in total. The predicted octanol–water partition coefficient (Wildman–Crippen LogP) is -0.597. The first-order chi connectivity index (χ1) is 7.53. The van der Waals surface area contributed by atoms with Crippen molar-refractivity contribution in [3.05, 3.63) is 12.3 Å². The van der Waals surface area contributed by atoms with Crippen LogP contribution in [0.5, 0.6) is 0 Å². The lowest BCUT2D eigenvalue weighted by Gasteiger charge is -2.32. The minimum absolute atomic E-state index is 0.0198. The van der Waals surface area contributed by atoms with Gasteiger partial charge in [0.25, 0.3) is 10.0 Å². The van der Waals surface area contributed by atoms with Gasteiger partial charge < -0.3 is 5.32 Å². The number of aromatic nitrogens is 2. The fourth-order valence-corrected chi connectivity index (χ4v) is 3.65. The molecule has 1 saturated heterocycles. The number of sulfonamides is 1. The second-order valence-corrected chi connectivity index (χ2v) is 5.80. The maximum atomic E-state index is 12.3. The van der Waals surface area contributed by atoms with Gasteiger partial charge in [-0.05, 0) is 13.0 Å². The fourth-order valence-electron chi connectivity index (χ4n) is 1.91. The first-order valence-electron chi connectivity index (χ1n) is 5.24. The van der Waals surface area contributed by atoms with Crippen molar-refractivity contribution >= 4 is 10.0 Å². The maximum Gasteiger partial charge on any atom is 0.260 e. The third-order valence-electron chi connectivity index (χ3n) is 2.79. The summed E-state index contributed by atoms with van der Waals surface area (Å²) < 4.78 is 27.6. The van der Waals surface area contributed by atoms with E-state index in [1.54, 1.807) is 7.05 Å². The molecule has 0 spiro atoms. The van der Waals surface area contributed by atoms with Crippen LogP contribution < -0.4 is 5.32 Å². The number of hydrogen-bond donors (Lipinski definition) is 1. The fraction of sp³-hybridized carbons (Fsp3) is 0.667. The summed E-state index contributed by atoms with van der Waals surface area (Å²) in [6.07, 6.45) is 1.50. The summed E-state index contributed by atoms with van der Waals surface area (Å²) in [4.78, 5) is 0. The Morgan fingerprint density at radius 2 is 2.31 bits per heavy atom. The Labute approximate surface area is 95.3 Å². The van der Waals surface area contributed by atoms with Gasteiger partial charge in [-0.15, -0.1) is 0 Å². The quantitative estimate of drug-likeness (QED) is 0.754. The van der Waals surface area contributed by atoms with E-state index in [0.717, 1.165) is 0 Å². The molecule has 16 heavy (non-hydrogen) atoms. The van der Waals surface area contributed by atoms with Crippen molar-refractivity contribution in [1.29, 1.82) is 0 Å². The Morgan fingerprint density at radius 1 is 1.56 bits per heavy atom. The van der Waals surface area contributed by atoms with Crippen LogP contribution in [-0.4, -0.2) is 48.2 Å². The molecule has 1 atom stereocenters. The summed E-state index contributed by atoms with van der Waals surface area (Å²) in [6.45, 7) is 3.80. The topological polar surface area (TPSA) is 67.2 Å². The summed E-state index contributed by atoms with van der Waals surface area (Å²) in [6, 6.07) is 1.51. The van der Waals surface area contributed by atoms with E-state index in [4.69, 9.17) is 0 Å². The van der Waals surface area contributed by atoms with Crippen LogP contribution in [0.1, 0.15) is 6.92 Å². The smallest absolute Gasteiger partial charge is 0.260 e. The van der Waals surface area contributed by atoms with Crippen molar-refractivity contribution in [2.45, 2.75) is 18.0 Å². The summed E-state index contributed by atoms with van der Waals surface area (Å²) in [5.74, 6) is 0. The molecule has 2 heterocycles. The van der Waals surface area contributed by atoms with Crippen LogP contribution in [0, 0.1) is 0 Å². The monoisotopic (exact) mass is 244 g/mol. The first kappa shape index (κ1) is 11.6. The Hall–Kier alpha value is -0.920. The van der Waals surface area contributed by atoms with E-state index in [1.807, 2.05) is 6.92 Å². The third kappa shape index (κ3) is 1.85. The predicted molar refractivity (Wildman–Crippen MR) is 59.4 cm³/mol. The third-order valence-corrected chi connectivity index (χ3v) is 4.88. The van der Waals surface area contributed by atoms with Crippen molar-refractivity contribution in [2.75, 3.05) is 19.6 Å². The number of nitrogens with one attached hydrogen (secondary N) is 1. The van der Waals surface area contributed by atoms with E-state index in [1.165, 1.54) is 21.3 Å². The van der Waals surface area contributed by atoms with E-state index in [-0.39, 0.29) is 11.1 Å². The van der Waals surface area contributed by atoms with Crippen molar-refractivity contribution < 1.29 is 8.42 Å². The summed E-state index contributed by atoms with van der Waals surface area (Å²) in [5, 5.41) is 7.32. The van der Waals surface area contributed by atoms with Crippen molar-refractivity contribution in [3.63, 3.8) is 0 Å². The van der Waals surface area contributed by atoms with Crippen LogP contribution in [0.15, 0.2) is 17.3 Å². The molecule has 0 saturated carbocycles. The Kier molecular flexibility index (Phi) is 3.00. The molecule has 0 bridgehead atoms. The molecule has 7 heteroatoms. The lowest BCUT2D eigenvalue weighted by Crippen LogP contribution is -2.52. The molecule has 1 aliphatic heterocycles. The molecule has 0 unspecified atom stereocenters. The molecule has 0 aromatic carbocycles. The van der Waals surface area contributed by atoms with Gasteiger partial charge in [0.1, 0.15) is 0 Å². The first-order valence-corrected chi connectivity index (χ1v) is 6.68. The summed E-state index contributed by atoms with van der Waals surface area (Å²) in [7, 11) is -1.77. The lowest BCUT2D eigenvalue weighted by atomic mass is 10.3. The average molecular weight is 244 g/mol.